The summed E-state index contributed by atoms with van der Waals surface area (Å²) < 4.78 is 0.972. The van der Waals surface area contributed by atoms with E-state index >= 15 is 0 Å². The van der Waals surface area contributed by atoms with Crippen LogP contribution in [0.5, 0.6) is 0 Å². The van der Waals surface area contributed by atoms with E-state index in [1.165, 1.54) is 41.5 Å². The topological polar surface area (TPSA) is 0 Å². The minimum atomic E-state index is -0.809. The normalized spacial score (nSPS) is 19.7. The molecular weight excluding hydrogens is 498 g/mol. The van der Waals surface area contributed by atoms with Gasteiger partial charge in [0.05, 0.1) is 0 Å². The summed E-state index contributed by atoms with van der Waals surface area (Å²) in [5.41, 5.74) is 8.76. The van der Waals surface area contributed by atoms with E-state index in [9.17, 15) is 0 Å². The Bertz CT molecular complexity index is 1090. The average Bonchev–Trinajstić information content (AvgIpc) is 3.35. The Morgan fingerprint density at radius 3 is 2.42 bits per heavy atom. The molecule has 0 aromatic heterocycles. The molecule has 3 aromatic carbocycles. The van der Waals surface area contributed by atoms with Gasteiger partial charge in [-0.2, -0.15) is 0 Å². The summed E-state index contributed by atoms with van der Waals surface area (Å²) in [7, 11) is 0. The van der Waals surface area contributed by atoms with Crippen LogP contribution in [-0.2, 0) is 26.4 Å². The summed E-state index contributed by atoms with van der Waals surface area (Å²) >= 11 is -0.809. The minimum Gasteiger partial charge on any atom is -1.00 e. The monoisotopic (exact) mass is 522 g/mol. The molecule has 0 saturated carbocycles. The third-order valence-electron chi connectivity index (χ3n) is 6.34. The first-order valence-electron chi connectivity index (χ1n) is 10.7. The molecule has 156 valence electrons. The number of allylic oxidation sites excluding steroid dienone is 2. The molecule has 2 aliphatic carbocycles. The number of benzene rings is 3. The van der Waals surface area contributed by atoms with Crippen LogP contribution < -0.4 is 24.8 Å². The van der Waals surface area contributed by atoms with E-state index < -0.39 is 23.2 Å². The van der Waals surface area contributed by atoms with Crippen LogP contribution in [0.3, 0.4) is 0 Å². The summed E-state index contributed by atoms with van der Waals surface area (Å²) in [5, 5.41) is 0. The van der Waals surface area contributed by atoms with Crippen molar-refractivity contribution in [2.75, 3.05) is 0 Å². The molecule has 0 amide bonds. The molecule has 0 nitrogen and oxygen atoms in total. The van der Waals surface area contributed by atoms with E-state index in [1.807, 2.05) is 0 Å². The van der Waals surface area contributed by atoms with E-state index in [0.29, 0.717) is 6.75 Å². The largest absolute Gasteiger partial charge is 1.00 e. The molecule has 2 atom stereocenters. The average molecular weight is 525 g/mol. The first-order chi connectivity index (χ1) is 14.3. The second-order valence-electron chi connectivity index (χ2n) is 8.15. The molecule has 0 fully saturated rings. The number of hydrogen-bond donors (Lipinski definition) is 0. The summed E-state index contributed by atoms with van der Waals surface area (Å²) in [4.78, 5) is 0. The van der Waals surface area contributed by atoms with Gasteiger partial charge in [-0.15, -0.1) is 0 Å². The van der Waals surface area contributed by atoms with E-state index in [1.54, 1.807) is 11.1 Å². The second kappa shape index (κ2) is 10.5. The van der Waals surface area contributed by atoms with Crippen LogP contribution in [0.15, 0.2) is 84.9 Å². The summed E-state index contributed by atoms with van der Waals surface area (Å²) in [5.74, 6) is 0. The third kappa shape index (κ3) is 4.56. The summed E-state index contributed by atoms with van der Waals surface area (Å²) in [6.45, 7) is 2.32. The maximum absolute atomic E-state index is 2.58. The van der Waals surface area contributed by atoms with Gasteiger partial charge in [0.25, 0.3) is 0 Å². The van der Waals surface area contributed by atoms with Gasteiger partial charge in [-0.05, 0) is 0 Å². The smallest absolute Gasteiger partial charge is 1.00 e. The van der Waals surface area contributed by atoms with Crippen molar-refractivity contribution in [3.05, 3.63) is 107 Å². The Kier molecular flexibility index (Phi) is 8.20. The minimum absolute atomic E-state index is 0. The van der Waals surface area contributed by atoms with Crippen molar-refractivity contribution >= 4 is 12.2 Å². The van der Waals surface area contributed by atoms with Gasteiger partial charge in [0.2, 0.25) is 0 Å². The van der Waals surface area contributed by atoms with Crippen molar-refractivity contribution < 1.29 is 48.0 Å². The zero-order valence-electron chi connectivity index (χ0n) is 17.7. The quantitative estimate of drug-likeness (QED) is 0.460. The zero-order chi connectivity index (χ0) is 19.7. The van der Waals surface area contributed by atoms with Gasteiger partial charge in [-0.1, -0.05) is 0 Å². The van der Waals surface area contributed by atoms with Crippen LogP contribution in [0.2, 0.25) is 0 Å². The summed E-state index contributed by atoms with van der Waals surface area (Å²) in [6.07, 6.45) is 13.8. The molecule has 0 heterocycles. The van der Waals surface area contributed by atoms with Crippen molar-refractivity contribution in [1.29, 1.82) is 0 Å². The molecule has 0 radical (unpaired) electrons. The van der Waals surface area contributed by atoms with E-state index in [4.69, 9.17) is 0 Å². The van der Waals surface area contributed by atoms with Crippen molar-refractivity contribution in [2.24, 2.45) is 0 Å². The number of fused-ring (bicyclic) bond motifs is 2. The Hall–Kier alpha value is -1.40. The van der Waals surface area contributed by atoms with Gasteiger partial charge in [-0.3, -0.25) is 0 Å². The van der Waals surface area contributed by atoms with Gasteiger partial charge >= 0.3 is 187 Å². The predicted octanol–water partition coefficient (Wildman–Crippen LogP) is 1.62. The molecule has 0 bridgehead atoms. The Morgan fingerprint density at radius 2 is 1.61 bits per heavy atom. The molecule has 2 aliphatic rings. The summed E-state index contributed by atoms with van der Waals surface area (Å²) in [6, 6.07) is 26.9. The first kappa shape index (κ1) is 24.2. The first-order valence-corrected chi connectivity index (χ1v) is 13.4. The molecular formula is C28H26Cl2Zr. The van der Waals surface area contributed by atoms with Gasteiger partial charge in [-0.25, -0.2) is 0 Å². The Morgan fingerprint density at radius 1 is 0.839 bits per heavy atom. The maximum atomic E-state index is 2.58. The molecule has 0 N–H and O–H groups in total. The number of hydrogen-bond acceptors (Lipinski definition) is 0. The molecule has 31 heavy (non-hydrogen) atoms. The van der Waals surface area contributed by atoms with Crippen LogP contribution in [0.4, 0.5) is 0 Å². The Labute approximate surface area is 210 Å². The van der Waals surface area contributed by atoms with Gasteiger partial charge in [0.1, 0.15) is 0 Å². The maximum Gasteiger partial charge on any atom is -1.00 e. The van der Waals surface area contributed by atoms with Gasteiger partial charge < -0.3 is 24.8 Å². The molecule has 0 saturated heterocycles. The predicted molar refractivity (Wildman–Crippen MR) is 120 cm³/mol. The zero-order valence-corrected chi connectivity index (χ0v) is 21.7. The van der Waals surface area contributed by atoms with E-state index in [-0.39, 0.29) is 24.8 Å². The standard InChI is InChI=1S/C15H11.C13H15.2ClH.Zr/c1-2-6-12(7-3-1)14-10-4-8-13-9-5-11-15(13)14;1-2-3-6-11-9-10-12-7-4-5-8-13(11)12;;;/h1-11H;4-5,7-10H,2-3,6H2,1H3;2*1H;/q;;;;+2/p-2. The van der Waals surface area contributed by atoms with E-state index in [2.05, 4.69) is 104 Å². The molecule has 3 heteroatoms. The third-order valence-corrected chi connectivity index (χ3v) is 11.3. The second-order valence-corrected chi connectivity index (χ2v) is 12.6. The molecule has 2 unspecified atom stereocenters. The fourth-order valence-electron chi connectivity index (χ4n) is 4.85. The van der Waals surface area contributed by atoms with Crippen molar-refractivity contribution in [1.82, 2.24) is 0 Å². The molecule has 5 rings (SSSR count). The van der Waals surface area contributed by atoms with Crippen molar-refractivity contribution in [3.63, 3.8) is 0 Å². The number of unbranched alkanes of at least 4 members (excludes halogenated alkanes) is 1. The molecule has 3 aromatic rings. The van der Waals surface area contributed by atoms with Crippen LogP contribution in [0.25, 0.3) is 23.3 Å². The fraction of sp³-hybridized carbons (Fsp3) is 0.214. The van der Waals surface area contributed by atoms with Crippen molar-refractivity contribution in [3.8, 4) is 11.1 Å². The Balaban J connectivity index is 0.00000136. The SMILES string of the molecule is CCCC[C]1([Zr+2][CH]2C=Cc3c(-c4ccccc4)cccc32)C=Cc2ccccc21.[Cl-].[Cl-]. The van der Waals surface area contributed by atoms with Gasteiger partial charge in [0, 0.05) is 0 Å². The number of halogens is 2. The fourth-order valence-corrected chi connectivity index (χ4v) is 9.86. The molecule has 0 aliphatic heterocycles. The number of rotatable bonds is 6. The van der Waals surface area contributed by atoms with Gasteiger partial charge in [0.15, 0.2) is 0 Å². The van der Waals surface area contributed by atoms with Crippen LogP contribution in [0.1, 0.15) is 52.1 Å². The molecule has 0 spiro atoms. The van der Waals surface area contributed by atoms with Crippen LogP contribution >= 0.6 is 0 Å². The van der Waals surface area contributed by atoms with Crippen molar-refractivity contribution in [2.45, 2.75) is 32.9 Å². The van der Waals surface area contributed by atoms with Crippen LogP contribution in [0, 0.1) is 0 Å². The van der Waals surface area contributed by atoms with E-state index in [0.717, 1.165) is 0 Å². The van der Waals surface area contributed by atoms with Crippen LogP contribution in [-0.4, -0.2) is 0 Å².